The van der Waals surface area contributed by atoms with E-state index in [9.17, 15) is 25.2 Å². The summed E-state index contributed by atoms with van der Waals surface area (Å²) in [4.78, 5) is 19.4. The summed E-state index contributed by atoms with van der Waals surface area (Å²) in [5, 5.41) is 4.22. The van der Waals surface area contributed by atoms with Crippen molar-refractivity contribution in [3.05, 3.63) is 217 Å². The predicted molar refractivity (Wildman–Crippen MR) is 251 cm³/mol. The number of ether oxygens (including phenoxy) is 4. The summed E-state index contributed by atoms with van der Waals surface area (Å²) in [7, 11) is -10.7. The Balaban J connectivity index is 0.000000175. The molecule has 10 rings (SSSR count). The van der Waals surface area contributed by atoms with Gasteiger partial charge in [-0.2, -0.15) is 0 Å². The Kier molecular flexibility index (Phi) is 14.8. The molecule has 0 saturated heterocycles. The molecule has 0 saturated carbocycles. The molecular formula is C52H40CuF6N4O4P. The summed E-state index contributed by atoms with van der Waals surface area (Å²) in [5.74, 6) is 3.32. The average Bonchev–Trinajstić information content (AvgIpc) is 3.34. The quantitative estimate of drug-likeness (QED) is 0.0518. The first kappa shape index (κ1) is 48.6. The number of nitrogens with zero attached hydrogens (tertiary/aromatic N) is 4. The van der Waals surface area contributed by atoms with Crippen molar-refractivity contribution in [1.82, 2.24) is 19.9 Å². The number of fused-ring (bicyclic) bond motifs is 6. The number of hydrogen-bond acceptors (Lipinski definition) is 8. The SMILES string of the molecule is F[P-](F)(F)(F)(F)F.[Cu+].c1ccc(OCc2ccc3ccc4ccc(COc5ccccc5)nc4c3n2)cc1.c1ccc(OCc2ccc3ccc4ccc(COc5ccccc5)nc4c3n2)cc1. The van der Waals surface area contributed by atoms with Crippen molar-refractivity contribution < 1.29 is 61.2 Å². The van der Waals surface area contributed by atoms with Crippen LogP contribution in [0.5, 0.6) is 23.0 Å². The van der Waals surface area contributed by atoms with Crippen LogP contribution in [-0.4, -0.2) is 19.9 Å². The predicted octanol–water partition coefficient (Wildman–Crippen LogP) is 15.3. The van der Waals surface area contributed by atoms with Gasteiger partial charge in [0, 0.05) is 21.5 Å². The van der Waals surface area contributed by atoms with E-state index in [-0.39, 0.29) is 17.1 Å². The minimum absolute atomic E-state index is 0. The number of para-hydroxylation sites is 4. The zero-order chi connectivity index (χ0) is 46.8. The van der Waals surface area contributed by atoms with E-state index in [0.717, 1.165) is 89.4 Å². The van der Waals surface area contributed by atoms with E-state index >= 15 is 0 Å². The molecule has 0 amide bonds. The molecule has 350 valence electrons. The van der Waals surface area contributed by atoms with Crippen molar-refractivity contribution in [2.45, 2.75) is 26.4 Å². The molecule has 0 radical (unpaired) electrons. The largest absolute Gasteiger partial charge is 1.00 e. The van der Waals surface area contributed by atoms with Crippen LogP contribution in [0.1, 0.15) is 22.8 Å². The van der Waals surface area contributed by atoms with Gasteiger partial charge >= 0.3 is 50.1 Å². The number of pyridine rings is 4. The summed E-state index contributed by atoms with van der Waals surface area (Å²) in [6.45, 7) is 1.64. The van der Waals surface area contributed by atoms with Crippen LogP contribution in [-0.2, 0) is 43.5 Å². The molecular weight excluding hydrogens is 953 g/mol. The Morgan fingerprint density at radius 1 is 0.279 bits per heavy atom. The number of halogens is 6. The van der Waals surface area contributed by atoms with Crippen molar-refractivity contribution in [3.8, 4) is 23.0 Å². The molecule has 0 bridgehead atoms. The molecule has 0 aliphatic rings. The van der Waals surface area contributed by atoms with Crippen LogP contribution in [0.4, 0.5) is 25.2 Å². The van der Waals surface area contributed by atoms with Crippen molar-refractivity contribution in [2.75, 3.05) is 0 Å². The summed E-state index contributed by atoms with van der Waals surface area (Å²) in [6.07, 6.45) is 0. The van der Waals surface area contributed by atoms with Crippen LogP contribution in [0.25, 0.3) is 43.6 Å². The van der Waals surface area contributed by atoms with Crippen molar-refractivity contribution in [1.29, 1.82) is 0 Å². The van der Waals surface area contributed by atoms with E-state index in [1.807, 2.05) is 146 Å². The molecule has 68 heavy (non-hydrogen) atoms. The Bertz CT molecular complexity index is 2840. The third-order valence-corrected chi connectivity index (χ3v) is 9.79. The number of benzene rings is 6. The fraction of sp³-hybridized carbons (Fsp3) is 0.0769. The zero-order valence-corrected chi connectivity index (χ0v) is 37.6. The molecule has 0 fully saturated rings. The standard InChI is InChI=1S/2C26H20N2O2.Cu.F6P/c2*1-3-7-23(8-4-1)29-17-21-15-13-19-11-12-20-14-16-22(28-26(20)25(19)27-21)18-30-24-9-5-2-6-10-24;;1-7(2,3,4,5)6/h2*1-16H,17-18H2;;/q;;+1;-1. The number of hydrogen-bond donors (Lipinski definition) is 0. The van der Waals surface area contributed by atoms with Gasteiger partial charge in [0.2, 0.25) is 0 Å². The Morgan fingerprint density at radius 3 is 0.647 bits per heavy atom. The molecule has 16 heteroatoms. The van der Waals surface area contributed by atoms with Crippen LogP contribution in [0.3, 0.4) is 0 Å². The Hall–Kier alpha value is -7.31. The van der Waals surface area contributed by atoms with Crippen LogP contribution < -0.4 is 18.9 Å². The molecule has 0 atom stereocenters. The normalized spacial score (nSPS) is 12.0. The molecule has 0 unspecified atom stereocenters. The van der Waals surface area contributed by atoms with Crippen molar-refractivity contribution in [2.24, 2.45) is 0 Å². The maximum absolute atomic E-state index is 10.7. The molecule has 0 aliphatic heterocycles. The van der Waals surface area contributed by atoms with Gasteiger partial charge in [-0.05, 0) is 72.8 Å². The van der Waals surface area contributed by atoms with E-state index in [4.69, 9.17) is 38.9 Å². The van der Waals surface area contributed by atoms with Gasteiger partial charge in [-0.3, -0.25) is 0 Å². The topological polar surface area (TPSA) is 88.5 Å². The van der Waals surface area contributed by atoms with E-state index in [0.29, 0.717) is 26.4 Å². The molecule has 0 aliphatic carbocycles. The molecule has 6 aromatic carbocycles. The minimum atomic E-state index is -10.7. The van der Waals surface area contributed by atoms with Crippen molar-refractivity contribution >= 4 is 51.4 Å². The van der Waals surface area contributed by atoms with Gasteiger partial charge in [0.05, 0.1) is 44.8 Å². The van der Waals surface area contributed by atoms with Gasteiger partial charge in [0.15, 0.2) is 0 Å². The fourth-order valence-electron chi connectivity index (χ4n) is 6.71. The van der Waals surface area contributed by atoms with Crippen LogP contribution in [0.15, 0.2) is 194 Å². The molecule has 10 aromatic rings. The molecule has 0 spiro atoms. The maximum Gasteiger partial charge on any atom is 1.00 e. The smallest absolute Gasteiger partial charge is 0.487 e. The van der Waals surface area contributed by atoms with Gasteiger partial charge < -0.3 is 18.9 Å². The van der Waals surface area contributed by atoms with Crippen molar-refractivity contribution in [3.63, 3.8) is 0 Å². The Labute approximate surface area is 397 Å². The second kappa shape index (κ2) is 20.7. The zero-order valence-electron chi connectivity index (χ0n) is 35.7. The maximum atomic E-state index is 9.87. The molecule has 8 nitrogen and oxygen atoms in total. The number of rotatable bonds is 12. The molecule has 4 heterocycles. The second-order valence-corrected chi connectivity index (χ2v) is 16.9. The minimum Gasteiger partial charge on any atom is -0.487 e. The van der Waals surface area contributed by atoms with Gasteiger partial charge in [0.25, 0.3) is 0 Å². The van der Waals surface area contributed by atoms with E-state index in [1.165, 1.54) is 0 Å². The van der Waals surface area contributed by atoms with Gasteiger partial charge in [0.1, 0.15) is 49.4 Å². The van der Waals surface area contributed by atoms with Crippen LogP contribution in [0.2, 0.25) is 0 Å². The van der Waals surface area contributed by atoms with E-state index in [2.05, 4.69) is 48.5 Å². The summed E-state index contributed by atoms with van der Waals surface area (Å²) >= 11 is 0. The summed E-state index contributed by atoms with van der Waals surface area (Å²) in [6, 6.07) is 63.7. The third-order valence-electron chi connectivity index (χ3n) is 9.79. The van der Waals surface area contributed by atoms with Crippen LogP contribution in [0, 0.1) is 0 Å². The summed E-state index contributed by atoms with van der Waals surface area (Å²) in [5.41, 5.74) is 6.98. The molecule has 0 N–H and O–H groups in total. The Morgan fingerprint density at radius 2 is 0.456 bits per heavy atom. The first-order chi connectivity index (χ1) is 32.1. The molecule has 4 aromatic heterocycles. The van der Waals surface area contributed by atoms with Gasteiger partial charge in [-0.15, -0.1) is 0 Å². The fourth-order valence-corrected chi connectivity index (χ4v) is 6.71. The first-order valence-corrected chi connectivity index (χ1v) is 22.8. The average molecular weight is 993 g/mol. The number of aromatic nitrogens is 4. The third kappa shape index (κ3) is 14.8. The van der Waals surface area contributed by atoms with E-state index in [1.54, 1.807) is 0 Å². The van der Waals surface area contributed by atoms with Gasteiger partial charge in [-0.25, -0.2) is 19.9 Å². The first-order valence-electron chi connectivity index (χ1n) is 20.8. The second-order valence-electron chi connectivity index (χ2n) is 15.0. The monoisotopic (exact) mass is 992 g/mol. The van der Waals surface area contributed by atoms with Crippen LogP contribution >= 0.6 is 7.81 Å². The van der Waals surface area contributed by atoms with Gasteiger partial charge in [-0.1, -0.05) is 121 Å². The van der Waals surface area contributed by atoms with E-state index < -0.39 is 7.81 Å². The summed E-state index contributed by atoms with van der Waals surface area (Å²) < 4.78 is 82.6.